The lowest BCUT2D eigenvalue weighted by molar-refractivity contribution is 0.233. The van der Waals surface area contributed by atoms with Crippen molar-refractivity contribution in [3.05, 3.63) is 29.8 Å². The van der Waals surface area contributed by atoms with E-state index in [4.69, 9.17) is 5.26 Å². The number of benzene rings is 1. The van der Waals surface area contributed by atoms with E-state index in [0.29, 0.717) is 0 Å². The molecule has 1 fully saturated rings. The van der Waals surface area contributed by atoms with Crippen molar-refractivity contribution >= 4 is 5.69 Å². The van der Waals surface area contributed by atoms with Gasteiger partial charge in [0.05, 0.1) is 11.5 Å². The third-order valence-corrected chi connectivity index (χ3v) is 3.67. The van der Waals surface area contributed by atoms with Crippen LogP contribution in [0.25, 0.3) is 0 Å². The zero-order chi connectivity index (χ0) is 12.1. The van der Waals surface area contributed by atoms with Gasteiger partial charge in [-0.3, -0.25) is 0 Å². The van der Waals surface area contributed by atoms with Gasteiger partial charge in [0.1, 0.15) is 0 Å². The van der Waals surface area contributed by atoms with Gasteiger partial charge in [-0.2, -0.15) is 5.26 Å². The molecule has 1 saturated carbocycles. The molecule has 1 aliphatic rings. The van der Waals surface area contributed by atoms with E-state index in [2.05, 4.69) is 42.6 Å². The molecule has 0 heterocycles. The van der Waals surface area contributed by atoms with Crippen LogP contribution in [-0.2, 0) is 6.42 Å². The molecule has 1 aliphatic carbocycles. The van der Waals surface area contributed by atoms with E-state index < -0.39 is 0 Å². The highest BCUT2D eigenvalue weighted by Gasteiger charge is 2.36. The van der Waals surface area contributed by atoms with Gasteiger partial charge in [-0.1, -0.05) is 31.9 Å². The summed E-state index contributed by atoms with van der Waals surface area (Å²) >= 11 is 0. The van der Waals surface area contributed by atoms with Crippen LogP contribution in [0.5, 0.6) is 0 Å². The molecule has 0 atom stereocenters. The number of nitrogens with one attached hydrogen (secondary N) is 1. The summed E-state index contributed by atoms with van der Waals surface area (Å²) in [6, 6.07) is 11.0. The van der Waals surface area contributed by atoms with Crippen LogP contribution >= 0.6 is 0 Å². The van der Waals surface area contributed by atoms with Gasteiger partial charge in [0.15, 0.2) is 0 Å². The van der Waals surface area contributed by atoms with Crippen LogP contribution in [0.2, 0.25) is 0 Å². The molecule has 17 heavy (non-hydrogen) atoms. The first kappa shape index (κ1) is 12.0. The number of nitrogens with zero attached hydrogens (tertiary/aromatic N) is 1. The van der Waals surface area contributed by atoms with Gasteiger partial charge in [0.2, 0.25) is 0 Å². The Morgan fingerprint density at radius 1 is 1.29 bits per heavy atom. The van der Waals surface area contributed by atoms with E-state index in [0.717, 1.165) is 31.5 Å². The van der Waals surface area contributed by atoms with Crippen molar-refractivity contribution < 1.29 is 0 Å². The van der Waals surface area contributed by atoms with Crippen LogP contribution in [0.15, 0.2) is 24.3 Å². The lowest BCUT2D eigenvalue weighted by atomic mass is 9.70. The molecule has 0 aliphatic heterocycles. The van der Waals surface area contributed by atoms with Crippen LogP contribution in [-0.4, -0.2) is 6.54 Å². The van der Waals surface area contributed by atoms with E-state index in [-0.39, 0.29) is 5.41 Å². The van der Waals surface area contributed by atoms with Gasteiger partial charge in [-0.15, -0.1) is 0 Å². The van der Waals surface area contributed by atoms with Crippen molar-refractivity contribution in [2.24, 2.45) is 5.41 Å². The van der Waals surface area contributed by atoms with Gasteiger partial charge < -0.3 is 5.32 Å². The summed E-state index contributed by atoms with van der Waals surface area (Å²) in [4.78, 5) is 0. The summed E-state index contributed by atoms with van der Waals surface area (Å²) in [5.41, 5.74) is 2.42. The van der Waals surface area contributed by atoms with Crippen molar-refractivity contribution in [3.8, 4) is 6.07 Å². The standard InChI is InChI=1S/C15H20N2/c1-2-4-13-5-7-14(8-6-13)17-12-15(11-16)9-3-10-15/h5-8,17H,2-4,9-10,12H2,1H3. The maximum Gasteiger partial charge on any atom is 0.0746 e. The highest BCUT2D eigenvalue weighted by molar-refractivity contribution is 5.45. The number of anilines is 1. The van der Waals surface area contributed by atoms with Crippen molar-refractivity contribution in [2.75, 3.05) is 11.9 Å². The van der Waals surface area contributed by atoms with Crippen molar-refractivity contribution in [2.45, 2.75) is 39.0 Å². The van der Waals surface area contributed by atoms with Crippen LogP contribution in [0.3, 0.4) is 0 Å². The minimum Gasteiger partial charge on any atom is -0.383 e. The summed E-state index contributed by atoms with van der Waals surface area (Å²) in [6.45, 7) is 2.98. The molecule has 2 rings (SSSR count). The predicted molar refractivity (Wildman–Crippen MR) is 70.8 cm³/mol. The first-order valence-electron chi connectivity index (χ1n) is 6.52. The molecule has 0 radical (unpaired) electrons. The first-order valence-corrected chi connectivity index (χ1v) is 6.52. The summed E-state index contributed by atoms with van der Waals surface area (Å²) in [5.74, 6) is 0. The molecule has 2 nitrogen and oxygen atoms in total. The van der Waals surface area contributed by atoms with E-state index in [1.54, 1.807) is 0 Å². The summed E-state index contributed by atoms with van der Waals surface area (Å²) < 4.78 is 0. The SMILES string of the molecule is CCCc1ccc(NCC2(C#N)CCC2)cc1. The van der Waals surface area contributed by atoms with Gasteiger partial charge in [-0.25, -0.2) is 0 Å². The fourth-order valence-corrected chi connectivity index (χ4v) is 2.28. The number of hydrogen-bond acceptors (Lipinski definition) is 2. The summed E-state index contributed by atoms with van der Waals surface area (Å²) in [5, 5.41) is 12.5. The lowest BCUT2D eigenvalue weighted by Crippen LogP contribution is -2.34. The second-order valence-electron chi connectivity index (χ2n) is 5.05. The zero-order valence-electron chi connectivity index (χ0n) is 10.5. The Hall–Kier alpha value is -1.49. The highest BCUT2D eigenvalue weighted by atomic mass is 14.9. The van der Waals surface area contributed by atoms with E-state index in [1.165, 1.54) is 18.4 Å². The summed E-state index contributed by atoms with van der Waals surface area (Å²) in [6.07, 6.45) is 5.62. The van der Waals surface area contributed by atoms with Crippen LogP contribution in [0, 0.1) is 16.7 Å². The molecule has 90 valence electrons. The predicted octanol–water partition coefficient (Wildman–Crippen LogP) is 3.74. The molecule has 0 saturated heterocycles. The molecule has 0 spiro atoms. The van der Waals surface area contributed by atoms with Gasteiger partial charge in [0.25, 0.3) is 0 Å². The Kier molecular flexibility index (Phi) is 3.68. The average molecular weight is 228 g/mol. The largest absolute Gasteiger partial charge is 0.383 e. The molecule has 0 unspecified atom stereocenters. The number of rotatable bonds is 5. The smallest absolute Gasteiger partial charge is 0.0746 e. The fraction of sp³-hybridized carbons (Fsp3) is 0.533. The van der Waals surface area contributed by atoms with Crippen molar-refractivity contribution in [3.63, 3.8) is 0 Å². The molecule has 0 amide bonds. The first-order chi connectivity index (χ1) is 8.28. The normalized spacial score (nSPS) is 16.9. The number of hydrogen-bond donors (Lipinski definition) is 1. The number of nitriles is 1. The van der Waals surface area contributed by atoms with Crippen molar-refractivity contribution in [1.82, 2.24) is 0 Å². The zero-order valence-corrected chi connectivity index (χ0v) is 10.5. The van der Waals surface area contributed by atoms with Gasteiger partial charge in [-0.05, 0) is 37.0 Å². The van der Waals surface area contributed by atoms with Crippen molar-refractivity contribution in [1.29, 1.82) is 5.26 Å². The Morgan fingerprint density at radius 3 is 2.47 bits per heavy atom. The Balaban J connectivity index is 1.89. The average Bonchev–Trinajstić information content (AvgIpc) is 2.31. The van der Waals surface area contributed by atoms with Crippen LogP contribution < -0.4 is 5.32 Å². The molecule has 0 aromatic heterocycles. The third-order valence-electron chi connectivity index (χ3n) is 3.67. The monoisotopic (exact) mass is 228 g/mol. The van der Waals surface area contributed by atoms with E-state index in [9.17, 15) is 0 Å². The quantitative estimate of drug-likeness (QED) is 0.833. The Morgan fingerprint density at radius 2 is 2.00 bits per heavy atom. The maximum atomic E-state index is 9.14. The maximum absolute atomic E-state index is 9.14. The highest BCUT2D eigenvalue weighted by Crippen LogP contribution is 2.40. The molecule has 2 heteroatoms. The van der Waals surface area contributed by atoms with E-state index >= 15 is 0 Å². The number of aryl methyl sites for hydroxylation is 1. The van der Waals surface area contributed by atoms with Gasteiger partial charge in [0, 0.05) is 12.2 Å². The Labute approximate surface area is 104 Å². The van der Waals surface area contributed by atoms with Crippen LogP contribution in [0.4, 0.5) is 5.69 Å². The second-order valence-corrected chi connectivity index (χ2v) is 5.05. The van der Waals surface area contributed by atoms with Gasteiger partial charge >= 0.3 is 0 Å². The minimum absolute atomic E-state index is 0.0951. The van der Waals surface area contributed by atoms with Crippen LogP contribution in [0.1, 0.15) is 38.2 Å². The molecule has 0 bridgehead atoms. The fourth-order valence-electron chi connectivity index (χ4n) is 2.28. The minimum atomic E-state index is -0.0951. The topological polar surface area (TPSA) is 35.8 Å². The summed E-state index contributed by atoms with van der Waals surface area (Å²) in [7, 11) is 0. The Bertz CT molecular complexity index is 396. The molecule has 1 aromatic rings. The molecular weight excluding hydrogens is 208 g/mol. The molecule has 1 aromatic carbocycles. The lowest BCUT2D eigenvalue weighted by Gasteiger charge is -2.35. The molecule has 1 N–H and O–H groups in total. The molecular formula is C15H20N2. The third kappa shape index (κ3) is 2.79. The second kappa shape index (κ2) is 5.23. The van der Waals surface area contributed by atoms with E-state index in [1.807, 2.05) is 0 Å².